The minimum atomic E-state index is -0.489. The Hall–Kier alpha value is -4.05. The van der Waals surface area contributed by atoms with Gasteiger partial charge in [0.05, 0.1) is 12.3 Å². The monoisotopic (exact) mass is 403 g/mol. The Morgan fingerprint density at radius 3 is 2.63 bits per heavy atom. The average Bonchev–Trinajstić information content (AvgIpc) is 3.02. The van der Waals surface area contributed by atoms with E-state index in [1.165, 1.54) is 11.1 Å². The lowest BCUT2D eigenvalue weighted by molar-refractivity contribution is -0.117. The molecular formula is C23H21N3O4. The summed E-state index contributed by atoms with van der Waals surface area (Å²) in [5.41, 5.74) is 4.50. The van der Waals surface area contributed by atoms with Gasteiger partial charge in [0.15, 0.2) is 18.1 Å². The molecule has 2 amide bonds. The smallest absolute Gasteiger partial charge is 0.282 e. The first kappa shape index (κ1) is 20.7. The van der Waals surface area contributed by atoms with Crippen LogP contribution in [-0.2, 0) is 16.0 Å². The van der Waals surface area contributed by atoms with E-state index in [0.717, 1.165) is 5.56 Å². The van der Waals surface area contributed by atoms with Gasteiger partial charge in [-0.15, -0.1) is 6.58 Å². The van der Waals surface area contributed by atoms with Crippen molar-refractivity contribution < 1.29 is 19.1 Å². The largest absolute Gasteiger partial charge is 0.490 e. The molecule has 30 heavy (non-hydrogen) atoms. The van der Waals surface area contributed by atoms with Gasteiger partial charge in [-0.3, -0.25) is 15.0 Å². The van der Waals surface area contributed by atoms with Crippen LogP contribution in [0.3, 0.4) is 0 Å². The number of nitriles is 1. The Balaban J connectivity index is 2.01. The second-order valence-electron chi connectivity index (χ2n) is 6.35. The second kappa shape index (κ2) is 9.43. The molecule has 0 aliphatic carbocycles. The van der Waals surface area contributed by atoms with E-state index < -0.39 is 11.8 Å². The second-order valence-corrected chi connectivity index (χ2v) is 6.35. The Bertz CT molecular complexity index is 1040. The highest BCUT2D eigenvalue weighted by Crippen LogP contribution is 2.35. The molecule has 1 aliphatic heterocycles. The Labute approximate surface area is 174 Å². The zero-order chi connectivity index (χ0) is 21.5. The summed E-state index contributed by atoms with van der Waals surface area (Å²) in [6.07, 6.45) is 3.68. The third-order valence-electron chi connectivity index (χ3n) is 4.32. The molecule has 3 rings (SSSR count). The van der Waals surface area contributed by atoms with Crippen LogP contribution in [0.15, 0.2) is 60.7 Å². The van der Waals surface area contributed by atoms with Crippen molar-refractivity contribution in [2.24, 2.45) is 0 Å². The highest BCUT2D eigenvalue weighted by Gasteiger charge is 2.34. The van der Waals surface area contributed by atoms with Gasteiger partial charge in [0.25, 0.3) is 11.8 Å². The number of allylic oxidation sites excluding steroid dienone is 1. The van der Waals surface area contributed by atoms with Crippen LogP contribution in [0.2, 0.25) is 0 Å². The number of para-hydroxylation sites is 1. The molecule has 7 heteroatoms. The number of hydrogen-bond acceptors (Lipinski definition) is 5. The molecular weight excluding hydrogens is 382 g/mol. The normalized spacial score (nSPS) is 14.4. The first-order chi connectivity index (χ1) is 14.6. The van der Waals surface area contributed by atoms with E-state index in [1.54, 1.807) is 42.5 Å². The number of anilines is 1. The van der Waals surface area contributed by atoms with Crippen molar-refractivity contribution in [3.63, 3.8) is 0 Å². The number of nitrogens with one attached hydrogen (secondary N) is 1. The highest BCUT2D eigenvalue weighted by atomic mass is 16.5. The first-order valence-electron chi connectivity index (χ1n) is 9.41. The molecule has 1 fully saturated rings. The third-order valence-corrected chi connectivity index (χ3v) is 4.32. The van der Waals surface area contributed by atoms with E-state index >= 15 is 0 Å². The molecule has 1 N–H and O–H groups in total. The van der Waals surface area contributed by atoms with Crippen LogP contribution in [0.4, 0.5) is 5.69 Å². The molecule has 0 atom stereocenters. The fraction of sp³-hybridized carbons (Fsp3) is 0.174. The van der Waals surface area contributed by atoms with Crippen molar-refractivity contribution >= 4 is 23.6 Å². The van der Waals surface area contributed by atoms with Gasteiger partial charge in [0.1, 0.15) is 11.6 Å². The van der Waals surface area contributed by atoms with Crippen molar-refractivity contribution in [1.29, 1.82) is 5.26 Å². The Kier molecular flexibility index (Phi) is 6.50. The minimum absolute atomic E-state index is 0.0107. The molecule has 0 aromatic heterocycles. The van der Waals surface area contributed by atoms with E-state index in [-0.39, 0.29) is 12.2 Å². The SMILES string of the molecule is C=CCc1cc(/C=C2/C(=O)NN(c3ccccc3)C2=O)cc(OCC)c1OCC#N. The molecule has 1 aliphatic rings. The summed E-state index contributed by atoms with van der Waals surface area (Å²) in [7, 11) is 0. The van der Waals surface area contributed by atoms with Gasteiger partial charge >= 0.3 is 0 Å². The summed E-state index contributed by atoms with van der Waals surface area (Å²) >= 11 is 0. The number of hydrazine groups is 1. The lowest BCUT2D eigenvalue weighted by Gasteiger charge is -2.15. The number of ether oxygens (including phenoxy) is 2. The summed E-state index contributed by atoms with van der Waals surface area (Å²) in [6.45, 7) is 5.84. The van der Waals surface area contributed by atoms with Gasteiger partial charge in [0.2, 0.25) is 0 Å². The quantitative estimate of drug-likeness (QED) is 0.415. The van der Waals surface area contributed by atoms with E-state index in [4.69, 9.17) is 14.7 Å². The summed E-state index contributed by atoms with van der Waals surface area (Å²) in [5, 5.41) is 10.1. The van der Waals surface area contributed by atoms with Crippen LogP contribution < -0.4 is 19.9 Å². The summed E-state index contributed by atoms with van der Waals surface area (Å²) in [4.78, 5) is 25.3. The standard InChI is InChI=1S/C23H21N3O4/c1-3-8-17-13-16(15-20(29-4-2)21(17)30-12-11-24)14-19-22(27)25-26(23(19)28)18-9-6-5-7-10-18/h3,5-7,9-10,13-15H,1,4,8,12H2,2H3,(H,25,27)/b19-14-. The molecule has 0 radical (unpaired) electrons. The van der Waals surface area contributed by atoms with Gasteiger partial charge in [-0.1, -0.05) is 24.3 Å². The van der Waals surface area contributed by atoms with Gasteiger partial charge in [0, 0.05) is 5.56 Å². The maximum atomic E-state index is 12.8. The lowest BCUT2D eigenvalue weighted by Crippen LogP contribution is -2.35. The van der Waals surface area contributed by atoms with Gasteiger partial charge in [-0.05, 0) is 49.2 Å². The van der Waals surface area contributed by atoms with E-state index in [0.29, 0.717) is 35.8 Å². The van der Waals surface area contributed by atoms with Crippen LogP contribution in [0.5, 0.6) is 11.5 Å². The molecule has 0 saturated carbocycles. The molecule has 0 unspecified atom stereocenters. The molecule has 152 valence electrons. The predicted octanol–water partition coefficient (Wildman–Crippen LogP) is 3.18. The number of amides is 2. The third kappa shape index (κ3) is 4.33. The van der Waals surface area contributed by atoms with E-state index in [1.807, 2.05) is 19.1 Å². The molecule has 0 bridgehead atoms. The average molecular weight is 403 g/mol. The van der Waals surface area contributed by atoms with Crippen molar-refractivity contribution in [3.8, 4) is 17.6 Å². The minimum Gasteiger partial charge on any atom is -0.490 e. The number of carbonyl (C=O) groups is 2. The fourth-order valence-corrected chi connectivity index (χ4v) is 3.09. The molecule has 7 nitrogen and oxygen atoms in total. The lowest BCUT2D eigenvalue weighted by atomic mass is 10.0. The zero-order valence-corrected chi connectivity index (χ0v) is 16.6. The summed E-state index contributed by atoms with van der Waals surface area (Å²) in [5.74, 6) is -0.0468. The molecule has 0 spiro atoms. The van der Waals surface area contributed by atoms with Crippen LogP contribution >= 0.6 is 0 Å². The Morgan fingerprint density at radius 2 is 1.97 bits per heavy atom. The summed E-state index contributed by atoms with van der Waals surface area (Å²) < 4.78 is 11.2. The number of nitrogens with zero attached hydrogens (tertiary/aromatic N) is 2. The number of carbonyl (C=O) groups excluding carboxylic acids is 2. The molecule has 1 saturated heterocycles. The van der Waals surface area contributed by atoms with Crippen LogP contribution in [0, 0.1) is 11.3 Å². The van der Waals surface area contributed by atoms with E-state index in [9.17, 15) is 9.59 Å². The van der Waals surface area contributed by atoms with Crippen LogP contribution in [0.1, 0.15) is 18.1 Å². The van der Waals surface area contributed by atoms with Gasteiger partial charge in [-0.2, -0.15) is 5.26 Å². The van der Waals surface area contributed by atoms with Crippen LogP contribution in [0.25, 0.3) is 6.08 Å². The maximum absolute atomic E-state index is 12.8. The van der Waals surface area contributed by atoms with Gasteiger partial charge < -0.3 is 9.47 Å². The molecule has 2 aromatic rings. The van der Waals surface area contributed by atoms with Crippen molar-refractivity contribution in [2.75, 3.05) is 18.2 Å². The highest BCUT2D eigenvalue weighted by molar-refractivity contribution is 6.31. The van der Waals surface area contributed by atoms with Crippen LogP contribution in [-0.4, -0.2) is 25.0 Å². The molecule has 2 aromatic carbocycles. The zero-order valence-electron chi connectivity index (χ0n) is 16.6. The summed E-state index contributed by atoms with van der Waals surface area (Å²) in [6, 6.07) is 14.3. The first-order valence-corrected chi connectivity index (χ1v) is 9.41. The van der Waals surface area contributed by atoms with E-state index in [2.05, 4.69) is 12.0 Å². The number of rotatable bonds is 8. The topological polar surface area (TPSA) is 91.7 Å². The van der Waals surface area contributed by atoms with Crippen molar-refractivity contribution in [3.05, 3.63) is 71.8 Å². The Morgan fingerprint density at radius 1 is 1.20 bits per heavy atom. The van der Waals surface area contributed by atoms with Crippen molar-refractivity contribution in [1.82, 2.24) is 5.43 Å². The number of benzene rings is 2. The predicted molar refractivity (Wildman–Crippen MR) is 113 cm³/mol. The maximum Gasteiger partial charge on any atom is 0.282 e. The number of hydrogen-bond donors (Lipinski definition) is 1. The molecule has 1 heterocycles. The van der Waals surface area contributed by atoms with Gasteiger partial charge in [-0.25, -0.2) is 5.01 Å². The fourth-order valence-electron chi connectivity index (χ4n) is 3.09. The van der Waals surface area contributed by atoms with Crippen molar-refractivity contribution in [2.45, 2.75) is 13.3 Å².